The van der Waals surface area contributed by atoms with E-state index >= 15 is 0 Å². The number of H-pyrrole nitrogens is 1. The highest BCUT2D eigenvalue weighted by Gasteiger charge is 2.13. The van der Waals surface area contributed by atoms with Crippen LogP contribution in [-0.2, 0) is 11.3 Å². The van der Waals surface area contributed by atoms with E-state index in [1.165, 1.54) is 10.6 Å². The maximum absolute atomic E-state index is 12.3. The molecule has 0 unspecified atom stereocenters. The Morgan fingerprint density at radius 1 is 1.21 bits per heavy atom. The lowest BCUT2D eigenvalue weighted by Crippen LogP contribution is -2.29. The summed E-state index contributed by atoms with van der Waals surface area (Å²) in [6, 6.07) is 12.4. The number of nitrogens with zero attached hydrogens (tertiary/aromatic N) is 3. The molecule has 0 atom stereocenters. The smallest absolute Gasteiger partial charge is 0.254 e. The summed E-state index contributed by atoms with van der Waals surface area (Å²) in [5, 5.41) is 9.37. The summed E-state index contributed by atoms with van der Waals surface area (Å²) in [5.74, 6) is 0.548. The summed E-state index contributed by atoms with van der Waals surface area (Å²) >= 11 is 0. The lowest BCUT2D eigenvalue weighted by molar-refractivity contribution is -0.116. The van der Waals surface area contributed by atoms with Gasteiger partial charge in [-0.25, -0.2) is 4.98 Å². The molecule has 0 spiro atoms. The number of rotatable bonds is 4. The zero-order chi connectivity index (χ0) is 17.1. The normalized spacial score (nSPS) is 10.6. The summed E-state index contributed by atoms with van der Waals surface area (Å²) in [7, 11) is 0. The summed E-state index contributed by atoms with van der Waals surface area (Å²) < 4.78 is 1.36. The highest BCUT2D eigenvalue weighted by atomic mass is 16.2. The van der Waals surface area contributed by atoms with Crippen molar-refractivity contribution in [1.82, 2.24) is 19.7 Å². The molecule has 3 rings (SSSR count). The summed E-state index contributed by atoms with van der Waals surface area (Å²) in [6.07, 6.45) is 0. The largest absolute Gasteiger partial charge is 0.308 e. The molecule has 2 N–H and O–H groups in total. The second-order valence-corrected chi connectivity index (χ2v) is 5.50. The molecule has 2 aromatic heterocycles. The fourth-order valence-corrected chi connectivity index (χ4v) is 2.39. The Morgan fingerprint density at radius 2 is 1.96 bits per heavy atom. The minimum absolute atomic E-state index is 0.137. The zero-order valence-corrected chi connectivity index (χ0v) is 13.4. The van der Waals surface area contributed by atoms with Gasteiger partial charge in [0.15, 0.2) is 5.82 Å². The van der Waals surface area contributed by atoms with Gasteiger partial charge in [-0.1, -0.05) is 30.3 Å². The Kier molecular flexibility index (Phi) is 4.24. The van der Waals surface area contributed by atoms with Gasteiger partial charge in [0.2, 0.25) is 5.91 Å². The highest BCUT2D eigenvalue weighted by Crippen LogP contribution is 2.15. The molecule has 7 nitrogen and oxygen atoms in total. The molecule has 0 aliphatic heterocycles. The fraction of sp³-hybridized carbons (Fsp3) is 0.176. The summed E-state index contributed by atoms with van der Waals surface area (Å²) in [6.45, 7) is 3.46. The summed E-state index contributed by atoms with van der Waals surface area (Å²) in [5.41, 5.74) is 1.96. The minimum Gasteiger partial charge on any atom is -0.308 e. The van der Waals surface area contributed by atoms with Crippen LogP contribution in [0.1, 0.15) is 11.4 Å². The van der Waals surface area contributed by atoms with Gasteiger partial charge in [-0.15, -0.1) is 0 Å². The lowest BCUT2D eigenvalue weighted by atomic mass is 10.2. The van der Waals surface area contributed by atoms with E-state index in [2.05, 4.69) is 20.5 Å². The van der Waals surface area contributed by atoms with Crippen molar-refractivity contribution in [1.29, 1.82) is 0 Å². The first-order chi connectivity index (χ1) is 11.5. The van der Waals surface area contributed by atoms with Gasteiger partial charge in [0, 0.05) is 29.1 Å². The fourth-order valence-electron chi connectivity index (χ4n) is 2.39. The van der Waals surface area contributed by atoms with Crippen LogP contribution in [0.4, 0.5) is 5.82 Å². The maximum atomic E-state index is 12.3. The number of aryl methyl sites for hydroxylation is 2. The van der Waals surface area contributed by atoms with E-state index in [0.29, 0.717) is 17.3 Å². The molecule has 0 fully saturated rings. The van der Waals surface area contributed by atoms with Crippen LogP contribution in [-0.4, -0.2) is 25.7 Å². The number of anilines is 1. The van der Waals surface area contributed by atoms with Crippen LogP contribution in [0.25, 0.3) is 11.4 Å². The standard InChI is InChI=1S/C17H17N5O2/c1-11-9-16(24)22(17(18-11)13-6-4-3-5-7-13)10-15(23)19-14-8-12(2)20-21-14/h3-9H,10H2,1-2H3,(H2,19,20,21,23). The number of carbonyl (C=O) groups is 1. The average Bonchev–Trinajstić information content (AvgIpc) is 2.95. The van der Waals surface area contributed by atoms with E-state index in [4.69, 9.17) is 0 Å². The third-order valence-corrected chi connectivity index (χ3v) is 3.44. The molecule has 0 radical (unpaired) electrons. The molecule has 1 amide bonds. The number of carbonyl (C=O) groups excluding carboxylic acids is 1. The number of hydrogen-bond acceptors (Lipinski definition) is 4. The topological polar surface area (TPSA) is 92.7 Å². The average molecular weight is 323 g/mol. The van der Waals surface area contributed by atoms with Crippen LogP contribution in [0.15, 0.2) is 47.3 Å². The third-order valence-electron chi connectivity index (χ3n) is 3.44. The number of benzene rings is 1. The van der Waals surface area contributed by atoms with Crippen molar-refractivity contribution in [3.8, 4) is 11.4 Å². The van der Waals surface area contributed by atoms with E-state index in [0.717, 1.165) is 11.3 Å². The van der Waals surface area contributed by atoms with Gasteiger partial charge in [0.1, 0.15) is 12.4 Å². The second-order valence-electron chi connectivity index (χ2n) is 5.50. The molecule has 1 aromatic carbocycles. The number of amides is 1. The van der Waals surface area contributed by atoms with E-state index in [-0.39, 0.29) is 18.0 Å². The van der Waals surface area contributed by atoms with Crippen molar-refractivity contribution < 1.29 is 4.79 Å². The number of hydrogen-bond donors (Lipinski definition) is 2. The van der Waals surface area contributed by atoms with Crippen LogP contribution in [0.3, 0.4) is 0 Å². The Balaban J connectivity index is 1.92. The maximum Gasteiger partial charge on any atom is 0.254 e. The third kappa shape index (κ3) is 3.40. The highest BCUT2D eigenvalue weighted by molar-refractivity contribution is 5.89. The molecule has 122 valence electrons. The SMILES string of the molecule is Cc1cc(=O)n(CC(=O)Nc2cc(C)[nH]n2)c(-c2ccccc2)n1. The molecule has 0 saturated carbocycles. The van der Waals surface area contributed by atoms with Gasteiger partial charge in [0.05, 0.1) is 0 Å². The molecular weight excluding hydrogens is 306 g/mol. The van der Waals surface area contributed by atoms with Crippen molar-refractivity contribution in [3.05, 3.63) is 64.2 Å². The molecular formula is C17H17N5O2. The van der Waals surface area contributed by atoms with Gasteiger partial charge in [-0.3, -0.25) is 19.3 Å². The van der Waals surface area contributed by atoms with E-state index in [1.54, 1.807) is 13.0 Å². The van der Waals surface area contributed by atoms with Crippen molar-refractivity contribution in [2.75, 3.05) is 5.32 Å². The predicted octanol–water partition coefficient (Wildman–Crippen LogP) is 1.89. The molecule has 24 heavy (non-hydrogen) atoms. The second kappa shape index (κ2) is 6.49. The van der Waals surface area contributed by atoms with Crippen molar-refractivity contribution in [2.24, 2.45) is 0 Å². The lowest BCUT2D eigenvalue weighted by Gasteiger charge is -2.12. The minimum atomic E-state index is -0.341. The van der Waals surface area contributed by atoms with E-state index < -0.39 is 0 Å². The Labute approximate surface area is 138 Å². The predicted molar refractivity (Wildman–Crippen MR) is 90.6 cm³/mol. The number of aromatic nitrogens is 4. The van der Waals surface area contributed by atoms with Crippen LogP contribution in [0.5, 0.6) is 0 Å². The molecule has 0 bridgehead atoms. The number of aromatic amines is 1. The van der Waals surface area contributed by atoms with E-state index in [1.807, 2.05) is 37.3 Å². The van der Waals surface area contributed by atoms with Crippen LogP contribution in [0, 0.1) is 13.8 Å². The molecule has 0 aliphatic carbocycles. The quantitative estimate of drug-likeness (QED) is 0.767. The van der Waals surface area contributed by atoms with Gasteiger partial charge >= 0.3 is 0 Å². The molecule has 3 aromatic rings. The monoisotopic (exact) mass is 323 g/mol. The number of nitrogens with one attached hydrogen (secondary N) is 2. The molecule has 2 heterocycles. The van der Waals surface area contributed by atoms with Gasteiger partial charge in [-0.2, -0.15) is 5.10 Å². The zero-order valence-electron chi connectivity index (χ0n) is 13.4. The van der Waals surface area contributed by atoms with Crippen LogP contribution < -0.4 is 10.9 Å². The molecule has 0 saturated heterocycles. The van der Waals surface area contributed by atoms with Crippen molar-refractivity contribution >= 4 is 11.7 Å². The summed E-state index contributed by atoms with van der Waals surface area (Å²) in [4.78, 5) is 29.0. The van der Waals surface area contributed by atoms with Gasteiger partial charge in [-0.05, 0) is 13.8 Å². The van der Waals surface area contributed by atoms with E-state index in [9.17, 15) is 9.59 Å². The Hall–Kier alpha value is -3.22. The first-order valence-corrected chi connectivity index (χ1v) is 7.49. The Morgan fingerprint density at radius 3 is 2.62 bits per heavy atom. The first kappa shape index (κ1) is 15.7. The van der Waals surface area contributed by atoms with Crippen LogP contribution in [0.2, 0.25) is 0 Å². The Bertz CT molecular complexity index is 928. The molecule has 7 heteroatoms. The van der Waals surface area contributed by atoms with Gasteiger partial charge in [0.25, 0.3) is 5.56 Å². The van der Waals surface area contributed by atoms with Gasteiger partial charge < -0.3 is 5.32 Å². The molecule has 0 aliphatic rings. The van der Waals surface area contributed by atoms with Crippen molar-refractivity contribution in [3.63, 3.8) is 0 Å². The first-order valence-electron chi connectivity index (χ1n) is 7.49. The van der Waals surface area contributed by atoms with Crippen LogP contribution >= 0.6 is 0 Å². The van der Waals surface area contributed by atoms with Crippen molar-refractivity contribution in [2.45, 2.75) is 20.4 Å².